The average Bonchev–Trinajstić information content (AvgIpc) is 3.13. The van der Waals surface area contributed by atoms with Crippen LogP contribution in [0.1, 0.15) is 25.7 Å². The molecule has 3 N–H and O–H groups in total. The van der Waals surface area contributed by atoms with Gasteiger partial charge in [-0.1, -0.05) is 0 Å². The summed E-state index contributed by atoms with van der Waals surface area (Å²) in [4.78, 5) is 20.8. The normalized spacial score (nSPS) is 35.4. The Morgan fingerprint density at radius 2 is 2.21 bits per heavy atom. The number of fused-ring (bicyclic) bond motifs is 1. The third kappa shape index (κ3) is 1.64. The quantitative estimate of drug-likeness (QED) is 0.780. The zero-order chi connectivity index (χ0) is 13.0. The van der Waals surface area contributed by atoms with Gasteiger partial charge < -0.3 is 15.6 Å². The van der Waals surface area contributed by atoms with E-state index >= 15 is 0 Å². The topological polar surface area (TPSA) is 75.0 Å². The summed E-state index contributed by atoms with van der Waals surface area (Å²) in [7, 11) is 0. The Labute approximate surface area is 112 Å². The number of nitrogens with zero attached hydrogens (tertiary/aromatic N) is 2. The molecule has 3 unspecified atom stereocenters. The van der Waals surface area contributed by atoms with Gasteiger partial charge in [0.15, 0.2) is 5.82 Å². The second-order valence-corrected chi connectivity index (χ2v) is 6.48. The molecule has 1 aliphatic heterocycles. The Bertz CT molecular complexity index is 546. The van der Waals surface area contributed by atoms with Crippen LogP contribution >= 0.6 is 0 Å². The number of rotatable bonds is 1. The van der Waals surface area contributed by atoms with E-state index in [0.717, 1.165) is 37.8 Å². The maximum absolute atomic E-state index is 11.8. The Balaban J connectivity index is 1.51. The van der Waals surface area contributed by atoms with E-state index in [1.54, 1.807) is 12.4 Å². The molecule has 4 rings (SSSR count). The predicted molar refractivity (Wildman–Crippen MR) is 72.9 cm³/mol. The second-order valence-electron chi connectivity index (χ2n) is 6.48. The van der Waals surface area contributed by atoms with E-state index in [1.165, 1.54) is 12.8 Å². The number of aromatic amines is 1. The molecule has 3 fully saturated rings. The number of aromatic nitrogens is 2. The van der Waals surface area contributed by atoms with Crippen molar-refractivity contribution >= 4 is 5.82 Å². The van der Waals surface area contributed by atoms with Crippen molar-refractivity contribution in [3.05, 3.63) is 22.7 Å². The highest BCUT2D eigenvalue weighted by Crippen LogP contribution is 2.62. The first kappa shape index (κ1) is 11.5. The molecule has 5 nitrogen and oxygen atoms in total. The molecular formula is C14H20N4O. The lowest BCUT2D eigenvalue weighted by Crippen LogP contribution is -2.49. The van der Waals surface area contributed by atoms with E-state index in [1.807, 2.05) is 0 Å². The van der Waals surface area contributed by atoms with Gasteiger partial charge in [0.05, 0.1) is 0 Å². The molecule has 0 amide bonds. The largest absolute Gasteiger partial charge is 0.352 e. The summed E-state index contributed by atoms with van der Waals surface area (Å²) in [5, 5.41) is 0. The molecule has 1 aromatic rings. The molecule has 102 valence electrons. The smallest absolute Gasteiger partial charge is 0.290 e. The summed E-state index contributed by atoms with van der Waals surface area (Å²) in [6.45, 7) is 1.82. The van der Waals surface area contributed by atoms with Crippen molar-refractivity contribution in [1.82, 2.24) is 9.97 Å². The number of H-pyrrole nitrogens is 1. The van der Waals surface area contributed by atoms with Crippen LogP contribution in [0.4, 0.5) is 5.82 Å². The summed E-state index contributed by atoms with van der Waals surface area (Å²) in [6.07, 6.45) is 8.11. The predicted octanol–water partition coefficient (Wildman–Crippen LogP) is 0.724. The third-order valence-electron chi connectivity index (χ3n) is 5.56. The molecule has 0 bridgehead atoms. The molecule has 0 aromatic carbocycles. The number of piperidine rings is 1. The number of hydrogen-bond donors (Lipinski definition) is 2. The van der Waals surface area contributed by atoms with E-state index in [9.17, 15) is 4.79 Å². The van der Waals surface area contributed by atoms with Gasteiger partial charge in [0.25, 0.3) is 5.56 Å². The molecule has 3 aliphatic rings. The van der Waals surface area contributed by atoms with E-state index in [2.05, 4.69) is 14.9 Å². The lowest BCUT2D eigenvalue weighted by Gasteiger charge is -2.43. The first-order valence-electron chi connectivity index (χ1n) is 7.24. The summed E-state index contributed by atoms with van der Waals surface area (Å²) < 4.78 is 0. The van der Waals surface area contributed by atoms with Gasteiger partial charge in [0.2, 0.25) is 0 Å². The molecule has 1 saturated heterocycles. The maximum atomic E-state index is 11.8. The van der Waals surface area contributed by atoms with Crippen LogP contribution in [0.25, 0.3) is 0 Å². The maximum Gasteiger partial charge on any atom is 0.290 e. The molecule has 2 saturated carbocycles. The number of nitrogens with one attached hydrogen (secondary N) is 1. The zero-order valence-corrected chi connectivity index (χ0v) is 11.0. The second kappa shape index (κ2) is 3.82. The van der Waals surface area contributed by atoms with E-state index in [0.29, 0.717) is 17.3 Å². The monoisotopic (exact) mass is 260 g/mol. The Morgan fingerprint density at radius 1 is 1.42 bits per heavy atom. The minimum absolute atomic E-state index is 0.0861. The Hall–Kier alpha value is -1.36. The molecule has 1 spiro atoms. The summed E-state index contributed by atoms with van der Waals surface area (Å²) in [6, 6.07) is 0.390. The lowest BCUT2D eigenvalue weighted by molar-refractivity contribution is 0.171. The number of anilines is 1. The van der Waals surface area contributed by atoms with Crippen molar-refractivity contribution in [3.63, 3.8) is 0 Å². The minimum atomic E-state index is -0.0861. The van der Waals surface area contributed by atoms with Crippen LogP contribution in [-0.4, -0.2) is 29.1 Å². The minimum Gasteiger partial charge on any atom is -0.352 e. The van der Waals surface area contributed by atoms with E-state index in [4.69, 9.17) is 5.73 Å². The number of hydrogen-bond acceptors (Lipinski definition) is 4. The highest BCUT2D eigenvalue weighted by molar-refractivity contribution is 5.36. The van der Waals surface area contributed by atoms with Gasteiger partial charge in [-0.3, -0.25) is 4.79 Å². The molecule has 5 heteroatoms. The van der Waals surface area contributed by atoms with Crippen molar-refractivity contribution in [2.45, 2.75) is 31.7 Å². The Morgan fingerprint density at radius 3 is 2.84 bits per heavy atom. The molecule has 2 heterocycles. The third-order valence-corrected chi connectivity index (χ3v) is 5.56. The highest BCUT2D eigenvalue weighted by atomic mass is 16.1. The van der Waals surface area contributed by atoms with Gasteiger partial charge in [-0.05, 0) is 42.9 Å². The fourth-order valence-corrected chi connectivity index (χ4v) is 4.33. The van der Waals surface area contributed by atoms with Crippen LogP contribution in [0.5, 0.6) is 0 Å². The van der Waals surface area contributed by atoms with Crippen molar-refractivity contribution in [1.29, 1.82) is 0 Å². The fourth-order valence-electron chi connectivity index (χ4n) is 4.33. The van der Waals surface area contributed by atoms with Crippen LogP contribution < -0.4 is 16.2 Å². The highest BCUT2D eigenvalue weighted by Gasteiger charge is 2.59. The summed E-state index contributed by atoms with van der Waals surface area (Å²) in [5.41, 5.74) is 6.71. The summed E-state index contributed by atoms with van der Waals surface area (Å²) >= 11 is 0. The molecule has 19 heavy (non-hydrogen) atoms. The van der Waals surface area contributed by atoms with Crippen LogP contribution in [-0.2, 0) is 0 Å². The average molecular weight is 260 g/mol. The molecule has 2 aliphatic carbocycles. The first-order chi connectivity index (χ1) is 9.20. The Kier molecular flexibility index (Phi) is 2.31. The van der Waals surface area contributed by atoms with Crippen molar-refractivity contribution in [2.75, 3.05) is 18.0 Å². The van der Waals surface area contributed by atoms with Crippen LogP contribution in [0.15, 0.2) is 17.2 Å². The van der Waals surface area contributed by atoms with Gasteiger partial charge in [0.1, 0.15) is 0 Å². The van der Waals surface area contributed by atoms with Crippen LogP contribution in [0.2, 0.25) is 0 Å². The molecular weight excluding hydrogens is 240 g/mol. The van der Waals surface area contributed by atoms with Gasteiger partial charge in [-0.2, -0.15) is 0 Å². The van der Waals surface area contributed by atoms with Crippen molar-refractivity contribution < 1.29 is 0 Å². The van der Waals surface area contributed by atoms with Crippen molar-refractivity contribution in [2.24, 2.45) is 23.0 Å². The molecule has 1 aromatic heterocycles. The van der Waals surface area contributed by atoms with Gasteiger partial charge in [-0.25, -0.2) is 4.98 Å². The van der Waals surface area contributed by atoms with E-state index < -0.39 is 0 Å². The zero-order valence-electron chi connectivity index (χ0n) is 11.0. The van der Waals surface area contributed by atoms with Gasteiger partial charge >= 0.3 is 0 Å². The van der Waals surface area contributed by atoms with E-state index in [-0.39, 0.29) is 5.56 Å². The van der Waals surface area contributed by atoms with Gasteiger partial charge in [0, 0.05) is 31.5 Å². The fraction of sp³-hybridized carbons (Fsp3) is 0.714. The standard InChI is InChI=1S/C14H20N4O/c15-11-10-7-9(10)8-14(11)1-5-18(6-2-14)12-13(19)17-4-3-16-12/h3-4,9-11H,1-2,5-8,15H2,(H,17,19). The molecule has 0 radical (unpaired) electrons. The van der Waals surface area contributed by atoms with Gasteiger partial charge in [-0.15, -0.1) is 0 Å². The molecule has 3 atom stereocenters. The summed E-state index contributed by atoms with van der Waals surface area (Å²) in [5.74, 6) is 2.26. The number of nitrogens with two attached hydrogens (primary N) is 1. The lowest BCUT2D eigenvalue weighted by atomic mass is 9.72. The van der Waals surface area contributed by atoms with Crippen LogP contribution in [0, 0.1) is 17.3 Å². The SMILES string of the molecule is NC1C2CC2CC12CCN(c1ncc[nH]c1=O)CC2. The van der Waals surface area contributed by atoms with Crippen molar-refractivity contribution in [3.8, 4) is 0 Å². The van der Waals surface area contributed by atoms with Crippen LogP contribution in [0.3, 0.4) is 0 Å². The first-order valence-corrected chi connectivity index (χ1v) is 7.24.